The van der Waals surface area contributed by atoms with E-state index in [0.717, 1.165) is 27.4 Å². The molecule has 0 aliphatic heterocycles. The summed E-state index contributed by atoms with van der Waals surface area (Å²) in [5.74, 6) is 0.755. The van der Waals surface area contributed by atoms with E-state index in [2.05, 4.69) is 26.4 Å². The minimum absolute atomic E-state index is 0.755. The average molecular weight is 299 g/mol. The Kier molecular flexibility index (Phi) is 2.82. The van der Waals surface area contributed by atoms with E-state index >= 15 is 0 Å². The molecule has 0 fully saturated rings. The van der Waals surface area contributed by atoms with Crippen LogP contribution in [-0.2, 0) is 0 Å². The molecule has 0 spiro atoms. The summed E-state index contributed by atoms with van der Waals surface area (Å²) in [5, 5.41) is 3.07. The summed E-state index contributed by atoms with van der Waals surface area (Å²) in [7, 11) is 0. The molecule has 0 aliphatic rings. The Morgan fingerprint density at radius 3 is 3.00 bits per heavy atom. The van der Waals surface area contributed by atoms with E-state index in [0.29, 0.717) is 0 Å². The minimum atomic E-state index is 0.755. The summed E-state index contributed by atoms with van der Waals surface area (Å²) in [4.78, 5) is 13.0. The Morgan fingerprint density at radius 2 is 2.20 bits per heavy atom. The van der Waals surface area contributed by atoms with Gasteiger partial charge in [-0.1, -0.05) is 17.8 Å². The lowest BCUT2D eigenvalue weighted by molar-refractivity contribution is 0.580. The topological polar surface area (TPSA) is 54.7 Å². The highest BCUT2D eigenvalue weighted by Gasteiger charge is 2.15. The van der Waals surface area contributed by atoms with Gasteiger partial charge in [0.25, 0.3) is 0 Å². The predicted octanol–water partition coefficient (Wildman–Crippen LogP) is 4.43. The molecule has 0 bridgehead atoms. The number of H-pyrrole nitrogens is 1. The van der Waals surface area contributed by atoms with Gasteiger partial charge >= 0.3 is 0 Å². The largest absolute Gasteiger partial charge is 0.463 e. The van der Waals surface area contributed by atoms with Gasteiger partial charge in [0.05, 0.1) is 15.9 Å². The van der Waals surface area contributed by atoms with E-state index in [1.807, 2.05) is 24.4 Å². The third kappa shape index (κ3) is 1.93. The van der Waals surface area contributed by atoms with Gasteiger partial charge in [0, 0.05) is 11.1 Å². The Labute approximate surface area is 122 Å². The molecule has 0 amide bonds. The van der Waals surface area contributed by atoms with Crippen LogP contribution in [0, 0.1) is 0 Å². The summed E-state index contributed by atoms with van der Waals surface area (Å²) in [5.41, 5.74) is 1.64. The first kappa shape index (κ1) is 11.7. The number of nitrogens with one attached hydrogen (secondary N) is 1. The minimum Gasteiger partial charge on any atom is -0.463 e. The van der Waals surface area contributed by atoms with Gasteiger partial charge in [0.1, 0.15) is 17.7 Å². The van der Waals surface area contributed by atoms with E-state index < -0.39 is 0 Å². The number of thiophene rings is 1. The Hall–Kier alpha value is -2.05. The molecule has 4 aromatic rings. The number of rotatable bonds is 3. The van der Waals surface area contributed by atoms with E-state index in [-0.39, 0.29) is 0 Å². The van der Waals surface area contributed by atoms with Crippen molar-refractivity contribution in [1.29, 1.82) is 0 Å². The van der Waals surface area contributed by atoms with E-state index in [9.17, 15) is 0 Å². The maximum absolute atomic E-state index is 5.48. The lowest BCUT2D eigenvalue weighted by Gasteiger charge is -2.01. The van der Waals surface area contributed by atoms with Crippen LogP contribution in [0.1, 0.15) is 0 Å². The summed E-state index contributed by atoms with van der Waals surface area (Å²) in [6, 6.07) is 7.92. The van der Waals surface area contributed by atoms with Crippen LogP contribution in [0.4, 0.5) is 0 Å². The first-order valence-corrected chi connectivity index (χ1v) is 7.69. The third-order valence-electron chi connectivity index (χ3n) is 2.89. The maximum Gasteiger partial charge on any atom is 0.153 e. The van der Waals surface area contributed by atoms with Gasteiger partial charge in [0.15, 0.2) is 5.76 Å². The molecule has 0 aliphatic carbocycles. The number of fused-ring (bicyclic) bond motifs is 1. The smallest absolute Gasteiger partial charge is 0.153 e. The van der Waals surface area contributed by atoms with E-state index in [4.69, 9.17) is 4.42 Å². The fraction of sp³-hybridized carbons (Fsp3) is 0. The lowest BCUT2D eigenvalue weighted by Crippen LogP contribution is -1.86. The second-order valence-corrected chi connectivity index (χ2v) is 6.40. The second-order valence-electron chi connectivity index (χ2n) is 4.11. The van der Waals surface area contributed by atoms with Crippen molar-refractivity contribution in [2.45, 2.75) is 9.10 Å². The van der Waals surface area contributed by atoms with Crippen LogP contribution in [0.25, 0.3) is 22.5 Å². The summed E-state index contributed by atoms with van der Waals surface area (Å²) >= 11 is 3.43. The fourth-order valence-corrected chi connectivity index (χ4v) is 3.90. The van der Waals surface area contributed by atoms with Crippen LogP contribution < -0.4 is 0 Å². The average Bonchev–Trinajstić information content (AvgIpc) is 3.20. The number of aromatic nitrogens is 3. The van der Waals surface area contributed by atoms with Crippen molar-refractivity contribution in [2.24, 2.45) is 0 Å². The number of hydrogen-bond acceptors (Lipinski definition) is 5. The number of furan rings is 1. The van der Waals surface area contributed by atoms with Crippen LogP contribution >= 0.6 is 23.1 Å². The zero-order chi connectivity index (χ0) is 13.4. The van der Waals surface area contributed by atoms with Crippen LogP contribution in [0.2, 0.25) is 0 Å². The number of aromatic amines is 1. The van der Waals surface area contributed by atoms with Crippen molar-refractivity contribution in [3.05, 3.63) is 48.4 Å². The molecule has 0 aromatic carbocycles. The number of hydrogen-bond donors (Lipinski definition) is 1. The SMILES string of the molecule is c1coc(-c2ncnc3[nH]cc(Sc4cccs4)c23)c1. The third-order valence-corrected chi connectivity index (χ3v) is 4.97. The Balaban J connectivity index is 1.90. The zero-order valence-electron chi connectivity index (χ0n) is 10.2. The van der Waals surface area contributed by atoms with Crippen molar-refractivity contribution in [2.75, 3.05) is 0 Å². The van der Waals surface area contributed by atoms with E-state index in [1.54, 1.807) is 35.7 Å². The summed E-state index contributed by atoms with van der Waals surface area (Å²) in [6.07, 6.45) is 5.18. The van der Waals surface area contributed by atoms with Gasteiger partial charge < -0.3 is 9.40 Å². The van der Waals surface area contributed by atoms with Crippen LogP contribution in [0.3, 0.4) is 0 Å². The van der Waals surface area contributed by atoms with Crippen LogP contribution in [0.15, 0.2) is 62.0 Å². The van der Waals surface area contributed by atoms with Crippen molar-refractivity contribution in [3.8, 4) is 11.5 Å². The molecule has 4 nitrogen and oxygen atoms in total. The molecule has 20 heavy (non-hydrogen) atoms. The molecule has 4 heterocycles. The molecular formula is C14H9N3OS2. The lowest BCUT2D eigenvalue weighted by atomic mass is 10.2. The molecule has 98 valence electrons. The predicted molar refractivity (Wildman–Crippen MR) is 80.0 cm³/mol. The fourth-order valence-electron chi connectivity index (χ4n) is 2.05. The summed E-state index contributed by atoms with van der Waals surface area (Å²) < 4.78 is 6.71. The highest BCUT2D eigenvalue weighted by atomic mass is 32.2. The molecule has 4 rings (SSSR count). The van der Waals surface area contributed by atoms with Gasteiger partial charge in [0.2, 0.25) is 0 Å². The van der Waals surface area contributed by atoms with Crippen molar-refractivity contribution < 1.29 is 4.42 Å². The van der Waals surface area contributed by atoms with Crippen molar-refractivity contribution in [3.63, 3.8) is 0 Å². The standard InChI is InChI=1S/C14H9N3OS2/c1-3-9(18-5-1)13-12-10(20-11-4-2-6-19-11)7-15-14(12)17-8-16-13/h1-8H,(H,15,16,17). The monoisotopic (exact) mass is 299 g/mol. The second kappa shape index (κ2) is 4.81. The molecule has 0 unspecified atom stereocenters. The highest BCUT2D eigenvalue weighted by Crippen LogP contribution is 2.38. The van der Waals surface area contributed by atoms with Gasteiger partial charge in [-0.05, 0) is 23.6 Å². The molecule has 0 saturated heterocycles. The molecule has 4 aromatic heterocycles. The number of nitrogens with zero attached hydrogens (tertiary/aromatic N) is 2. The molecule has 0 radical (unpaired) electrons. The summed E-state index contributed by atoms with van der Waals surface area (Å²) in [6.45, 7) is 0. The molecule has 1 N–H and O–H groups in total. The van der Waals surface area contributed by atoms with E-state index in [1.165, 1.54) is 4.21 Å². The quantitative estimate of drug-likeness (QED) is 0.608. The van der Waals surface area contributed by atoms with Crippen LogP contribution in [0.5, 0.6) is 0 Å². The maximum atomic E-state index is 5.48. The molecule has 0 saturated carbocycles. The zero-order valence-corrected chi connectivity index (χ0v) is 11.9. The Morgan fingerprint density at radius 1 is 1.20 bits per heavy atom. The highest BCUT2D eigenvalue weighted by molar-refractivity contribution is 8.01. The van der Waals surface area contributed by atoms with Gasteiger partial charge in [-0.2, -0.15) is 0 Å². The first-order chi connectivity index (χ1) is 9.92. The molecule has 6 heteroatoms. The first-order valence-electron chi connectivity index (χ1n) is 5.99. The van der Waals surface area contributed by atoms with Crippen molar-refractivity contribution in [1.82, 2.24) is 15.0 Å². The van der Waals surface area contributed by atoms with Crippen LogP contribution in [-0.4, -0.2) is 15.0 Å². The molecular weight excluding hydrogens is 290 g/mol. The van der Waals surface area contributed by atoms with Gasteiger partial charge in [-0.15, -0.1) is 11.3 Å². The molecule has 0 atom stereocenters. The van der Waals surface area contributed by atoms with Crippen molar-refractivity contribution >= 4 is 34.1 Å². The normalized spacial score (nSPS) is 11.2. The van der Waals surface area contributed by atoms with Gasteiger partial charge in [-0.3, -0.25) is 0 Å². The van der Waals surface area contributed by atoms with Gasteiger partial charge in [-0.25, -0.2) is 9.97 Å². The Bertz CT molecular complexity index is 835.